The average Bonchev–Trinajstić information content (AvgIpc) is 3.08. The highest BCUT2D eigenvalue weighted by Gasteiger charge is 2.28. The molecule has 0 saturated heterocycles. The van der Waals surface area contributed by atoms with E-state index in [0.29, 0.717) is 0 Å². The van der Waals surface area contributed by atoms with Gasteiger partial charge in [0.2, 0.25) is 0 Å². The van der Waals surface area contributed by atoms with E-state index in [1.54, 1.807) is 0 Å². The molecule has 36 heavy (non-hydrogen) atoms. The SMILES string of the molecule is O=C1c2ccccc2CCc2cccc(-c3ccccc3N3c4ccccc4Cc4ccccc43)c21. The van der Waals surface area contributed by atoms with Gasteiger partial charge in [0.05, 0.1) is 5.69 Å². The van der Waals surface area contributed by atoms with Crippen LogP contribution in [0.3, 0.4) is 0 Å². The molecule has 0 radical (unpaired) electrons. The maximum atomic E-state index is 14.0. The highest BCUT2D eigenvalue weighted by Crippen LogP contribution is 2.47. The molecule has 0 spiro atoms. The summed E-state index contributed by atoms with van der Waals surface area (Å²) in [6, 6.07) is 40.2. The van der Waals surface area contributed by atoms with Gasteiger partial charge in [0.15, 0.2) is 5.78 Å². The summed E-state index contributed by atoms with van der Waals surface area (Å²) in [4.78, 5) is 16.4. The largest absolute Gasteiger partial charge is 0.309 e. The summed E-state index contributed by atoms with van der Waals surface area (Å²) in [5, 5.41) is 0. The number of hydrogen-bond acceptors (Lipinski definition) is 2. The lowest BCUT2D eigenvalue weighted by molar-refractivity contribution is 0.103. The number of rotatable bonds is 2. The third-order valence-corrected chi connectivity index (χ3v) is 7.58. The fraction of sp³-hybridized carbons (Fsp3) is 0.0882. The van der Waals surface area contributed by atoms with E-state index in [1.807, 2.05) is 18.2 Å². The Morgan fingerprint density at radius 2 is 0.944 bits per heavy atom. The molecule has 172 valence electrons. The second kappa shape index (κ2) is 8.35. The highest BCUT2D eigenvalue weighted by atomic mass is 16.1. The van der Waals surface area contributed by atoms with Crippen molar-refractivity contribution < 1.29 is 4.79 Å². The Hall–Kier alpha value is -4.43. The van der Waals surface area contributed by atoms with Crippen LogP contribution in [0, 0.1) is 0 Å². The number of carbonyl (C=O) groups excluding carboxylic acids is 1. The van der Waals surface area contributed by atoms with Crippen LogP contribution in [0.5, 0.6) is 0 Å². The topological polar surface area (TPSA) is 20.3 Å². The Morgan fingerprint density at radius 1 is 0.444 bits per heavy atom. The van der Waals surface area contributed by atoms with Crippen LogP contribution >= 0.6 is 0 Å². The molecule has 1 aliphatic heterocycles. The van der Waals surface area contributed by atoms with Crippen molar-refractivity contribution in [2.75, 3.05) is 4.90 Å². The Labute approximate surface area is 211 Å². The monoisotopic (exact) mass is 463 g/mol. The summed E-state index contributed by atoms with van der Waals surface area (Å²) < 4.78 is 0. The molecule has 1 aliphatic carbocycles. The number of carbonyl (C=O) groups is 1. The zero-order valence-electron chi connectivity index (χ0n) is 19.9. The number of para-hydroxylation sites is 3. The highest BCUT2D eigenvalue weighted by molar-refractivity contribution is 6.15. The van der Waals surface area contributed by atoms with E-state index in [1.165, 1.54) is 22.5 Å². The molecule has 5 aromatic carbocycles. The summed E-state index contributed by atoms with van der Waals surface area (Å²) >= 11 is 0. The second-order valence-corrected chi connectivity index (χ2v) is 9.61. The first-order valence-electron chi connectivity index (χ1n) is 12.6. The van der Waals surface area contributed by atoms with Gasteiger partial charge in [-0.25, -0.2) is 0 Å². The lowest BCUT2D eigenvalue weighted by Gasteiger charge is -2.35. The normalized spacial score (nSPS) is 13.8. The zero-order chi connectivity index (χ0) is 24.1. The maximum Gasteiger partial charge on any atom is 0.194 e. The smallest absolute Gasteiger partial charge is 0.194 e. The van der Waals surface area contributed by atoms with Crippen molar-refractivity contribution in [2.24, 2.45) is 0 Å². The van der Waals surface area contributed by atoms with Gasteiger partial charge in [-0.3, -0.25) is 4.79 Å². The van der Waals surface area contributed by atoms with Crippen molar-refractivity contribution in [3.05, 3.63) is 149 Å². The molecule has 0 saturated carbocycles. The summed E-state index contributed by atoms with van der Waals surface area (Å²) in [5.74, 6) is 0.128. The number of benzene rings is 5. The molecule has 1 heterocycles. The number of anilines is 3. The maximum absolute atomic E-state index is 14.0. The third-order valence-electron chi connectivity index (χ3n) is 7.58. The molecule has 0 aromatic heterocycles. The fourth-order valence-corrected chi connectivity index (χ4v) is 5.91. The van der Waals surface area contributed by atoms with Gasteiger partial charge < -0.3 is 4.90 Å². The summed E-state index contributed by atoms with van der Waals surface area (Å²) in [6.07, 6.45) is 2.66. The van der Waals surface area contributed by atoms with Crippen LogP contribution < -0.4 is 4.90 Å². The molecule has 0 bridgehead atoms. The molecule has 7 rings (SSSR count). The minimum atomic E-state index is 0.128. The Kier molecular flexibility index (Phi) is 4.85. The quantitative estimate of drug-likeness (QED) is 0.259. The molecule has 0 amide bonds. The minimum Gasteiger partial charge on any atom is -0.309 e. The molecule has 2 aliphatic rings. The number of hydrogen-bond donors (Lipinski definition) is 0. The lowest BCUT2D eigenvalue weighted by Crippen LogP contribution is -2.19. The fourth-order valence-electron chi connectivity index (χ4n) is 5.91. The average molecular weight is 464 g/mol. The van der Waals surface area contributed by atoms with Crippen LogP contribution in [-0.2, 0) is 19.3 Å². The first-order chi connectivity index (χ1) is 17.8. The molecular formula is C34H25NO. The molecule has 0 unspecified atom stereocenters. The van der Waals surface area contributed by atoms with Crippen LogP contribution in [0.1, 0.15) is 38.2 Å². The van der Waals surface area contributed by atoms with E-state index in [2.05, 4.69) is 102 Å². The molecule has 0 fully saturated rings. The van der Waals surface area contributed by atoms with Crippen molar-refractivity contribution in [2.45, 2.75) is 19.3 Å². The summed E-state index contributed by atoms with van der Waals surface area (Å²) in [5.41, 5.74) is 12.1. The van der Waals surface area contributed by atoms with Gasteiger partial charge in [-0.2, -0.15) is 0 Å². The molecule has 0 N–H and O–H groups in total. The zero-order valence-corrected chi connectivity index (χ0v) is 19.9. The summed E-state index contributed by atoms with van der Waals surface area (Å²) in [6.45, 7) is 0. The second-order valence-electron chi connectivity index (χ2n) is 9.61. The molecule has 5 aromatic rings. The van der Waals surface area contributed by atoms with E-state index in [0.717, 1.165) is 58.3 Å². The van der Waals surface area contributed by atoms with Gasteiger partial charge in [-0.05, 0) is 58.9 Å². The van der Waals surface area contributed by atoms with Crippen molar-refractivity contribution >= 4 is 22.8 Å². The number of ketones is 1. The number of fused-ring (bicyclic) bond motifs is 4. The minimum absolute atomic E-state index is 0.128. The van der Waals surface area contributed by atoms with E-state index < -0.39 is 0 Å². The standard InChI is InChI=1S/C34H25NO/c36-34-27-14-4-1-10-23(27)20-21-24-13-9-16-29(33(24)34)28-15-5-8-19-32(28)35-30-17-6-2-11-25(30)22-26-12-3-7-18-31(26)35/h1-19H,20-22H2. The van der Waals surface area contributed by atoms with Gasteiger partial charge in [0.1, 0.15) is 0 Å². The van der Waals surface area contributed by atoms with Crippen LogP contribution in [0.2, 0.25) is 0 Å². The van der Waals surface area contributed by atoms with Crippen molar-refractivity contribution in [1.82, 2.24) is 0 Å². The van der Waals surface area contributed by atoms with Gasteiger partial charge in [0, 0.05) is 34.5 Å². The van der Waals surface area contributed by atoms with Crippen LogP contribution in [0.15, 0.2) is 115 Å². The van der Waals surface area contributed by atoms with Crippen molar-refractivity contribution in [3.63, 3.8) is 0 Å². The Morgan fingerprint density at radius 3 is 1.67 bits per heavy atom. The van der Waals surface area contributed by atoms with Crippen molar-refractivity contribution in [1.29, 1.82) is 0 Å². The number of nitrogens with zero attached hydrogens (tertiary/aromatic N) is 1. The van der Waals surface area contributed by atoms with Crippen LogP contribution in [-0.4, -0.2) is 5.78 Å². The van der Waals surface area contributed by atoms with Crippen molar-refractivity contribution in [3.8, 4) is 11.1 Å². The first kappa shape index (κ1) is 20.9. The van der Waals surface area contributed by atoms with Gasteiger partial charge in [0.25, 0.3) is 0 Å². The first-order valence-corrected chi connectivity index (χ1v) is 12.6. The van der Waals surface area contributed by atoms with Crippen LogP contribution in [0.25, 0.3) is 11.1 Å². The Bertz CT molecular complexity index is 1600. The van der Waals surface area contributed by atoms with E-state index >= 15 is 0 Å². The molecule has 0 atom stereocenters. The molecular weight excluding hydrogens is 438 g/mol. The van der Waals surface area contributed by atoms with Gasteiger partial charge >= 0.3 is 0 Å². The van der Waals surface area contributed by atoms with E-state index in [-0.39, 0.29) is 5.78 Å². The molecule has 2 heteroatoms. The number of aryl methyl sites for hydroxylation is 2. The predicted molar refractivity (Wildman–Crippen MR) is 147 cm³/mol. The predicted octanol–water partition coefficient (Wildman–Crippen LogP) is 8.06. The van der Waals surface area contributed by atoms with Crippen LogP contribution in [0.4, 0.5) is 17.1 Å². The van der Waals surface area contributed by atoms with E-state index in [4.69, 9.17) is 0 Å². The lowest BCUT2D eigenvalue weighted by atomic mass is 9.88. The summed E-state index contributed by atoms with van der Waals surface area (Å²) in [7, 11) is 0. The van der Waals surface area contributed by atoms with E-state index in [9.17, 15) is 4.79 Å². The Balaban J connectivity index is 1.47. The van der Waals surface area contributed by atoms with Gasteiger partial charge in [-0.15, -0.1) is 0 Å². The third kappa shape index (κ3) is 3.22. The molecule has 2 nitrogen and oxygen atoms in total. The van der Waals surface area contributed by atoms with Gasteiger partial charge in [-0.1, -0.05) is 97.1 Å².